The molecule has 4 rings (SSSR count). The predicted molar refractivity (Wildman–Crippen MR) is 126 cm³/mol. The third-order valence-corrected chi connectivity index (χ3v) is 5.84. The standard InChI is InChI=1S/C27H28N2O3/c30-25-14-16-29(17-15-25)27(32)19-21-8-12-24(13-9-21)28-26(31)18-20-6-10-23(11-7-20)22-4-2-1-3-5-22/h1-13,25,30H,14-19H2,(H,28,31). The molecule has 1 saturated heterocycles. The largest absolute Gasteiger partial charge is 0.393 e. The summed E-state index contributed by atoms with van der Waals surface area (Å²) in [5.41, 5.74) is 4.86. The van der Waals surface area contributed by atoms with Gasteiger partial charge in [0.05, 0.1) is 18.9 Å². The average molecular weight is 429 g/mol. The van der Waals surface area contributed by atoms with Crippen LogP contribution in [0.2, 0.25) is 0 Å². The highest BCUT2D eigenvalue weighted by atomic mass is 16.3. The van der Waals surface area contributed by atoms with Gasteiger partial charge in [0, 0.05) is 18.8 Å². The zero-order chi connectivity index (χ0) is 22.3. The minimum absolute atomic E-state index is 0.0758. The van der Waals surface area contributed by atoms with Crippen LogP contribution in [0, 0.1) is 0 Å². The van der Waals surface area contributed by atoms with Crippen LogP contribution < -0.4 is 5.32 Å². The highest BCUT2D eigenvalue weighted by Gasteiger charge is 2.21. The zero-order valence-corrected chi connectivity index (χ0v) is 18.0. The van der Waals surface area contributed by atoms with E-state index in [9.17, 15) is 14.7 Å². The lowest BCUT2D eigenvalue weighted by atomic mass is 10.0. The first-order valence-electron chi connectivity index (χ1n) is 11.1. The van der Waals surface area contributed by atoms with E-state index in [1.54, 1.807) is 0 Å². The van der Waals surface area contributed by atoms with Crippen LogP contribution in [0.25, 0.3) is 11.1 Å². The van der Waals surface area contributed by atoms with Gasteiger partial charge in [-0.05, 0) is 47.2 Å². The molecule has 3 aromatic rings. The van der Waals surface area contributed by atoms with Crippen LogP contribution in [0.5, 0.6) is 0 Å². The Morgan fingerprint density at radius 1 is 0.781 bits per heavy atom. The maximum atomic E-state index is 12.4. The molecule has 0 aromatic heterocycles. The van der Waals surface area contributed by atoms with Gasteiger partial charge < -0.3 is 15.3 Å². The number of anilines is 1. The average Bonchev–Trinajstić information content (AvgIpc) is 2.82. The Morgan fingerprint density at radius 3 is 2.00 bits per heavy atom. The van der Waals surface area contributed by atoms with E-state index in [4.69, 9.17) is 0 Å². The van der Waals surface area contributed by atoms with Crippen LogP contribution in [0.1, 0.15) is 24.0 Å². The minimum atomic E-state index is -0.288. The molecule has 0 saturated carbocycles. The summed E-state index contributed by atoms with van der Waals surface area (Å²) < 4.78 is 0. The quantitative estimate of drug-likeness (QED) is 0.622. The highest BCUT2D eigenvalue weighted by molar-refractivity contribution is 5.92. The molecule has 1 heterocycles. The van der Waals surface area contributed by atoms with E-state index in [-0.39, 0.29) is 17.9 Å². The number of benzene rings is 3. The van der Waals surface area contributed by atoms with Gasteiger partial charge >= 0.3 is 0 Å². The number of piperidine rings is 1. The monoisotopic (exact) mass is 428 g/mol. The van der Waals surface area contributed by atoms with Crippen LogP contribution in [0.15, 0.2) is 78.9 Å². The Morgan fingerprint density at radius 2 is 1.34 bits per heavy atom. The molecule has 1 fully saturated rings. The van der Waals surface area contributed by atoms with Gasteiger partial charge in [-0.2, -0.15) is 0 Å². The molecule has 0 atom stereocenters. The lowest BCUT2D eigenvalue weighted by Crippen LogP contribution is -2.40. The zero-order valence-electron chi connectivity index (χ0n) is 18.0. The van der Waals surface area contributed by atoms with Gasteiger partial charge in [-0.25, -0.2) is 0 Å². The molecule has 32 heavy (non-hydrogen) atoms. The van der Waals surface area contributed by atoms with Gasteiger partial charge in [0.2, 0.25) is 11.8 Å². The summed E-state index contributed by atoms with van der Waals surface area (Å²) in [4.78, 5) is 26.7. The number of amides is 2. The first-order valence-corrected chi connectivity index (χ1v) is 11.1. The van der Waals surface area contributed by atoms with E-state index in [1.807, 2.05) is 71.6 Å². The van der Waals surface area contributed by atoms with Crippen molar-refractivity contribution in [2.75, 3.05) is 18.4 Å². The van der Waals surface area contributed by atoms with Crippen molar-refractivity contribution in [1.29, 1.82) is 0 Å². The first kappa shape index (κ1) is 21.8. The number of rotatable bonds is 6. The van der Waals surface area contributed by atoms with Crippen LogP contribution in [-0.4, -0.2) is 41.0 Å². The molecule has 2 N–H and O–H groups in total. The molecule has 5 heteroatoms. The number of aliphatic hydroxyl groups is 1. The second-order valence-corrected chi connectivity index (χ2v) is 8.27. The van der Waals surface area contributed by atoms with Crippen molar-refractivity contribution >= 4 is 17.5 Å². The Hall–Kier alpha value is -3.44. The summed E-state index contributed by atoms with van der Waals surface area (Å²) in [5.74, 6) is 0.000738. The van der Waals surface area contributed by atoms with Gasteiger partial charge in [0.15, 0.2) is 0 Å². The number of hydrogen-bond acceptors (Lipinski definition) is 3. The van der Waals surface area contributed by atoms with Gasteiger partial charge in [0.25, 0.3) is 0 Å². The van der Waals surface area contributed by atoms with Crippen molar-refractivity contribution in [3.63, 3.8) is 0 Å². The Labute approximate surface area is 188 Å². The summed E-state index contributed by atoms with van der Waals surface area (Å²) in [6.45, 7) is 1.22. The molecule has 164 valence electrons. The van der Waals surface area contributed by atoms with Crippen molar-refractivity contribution in [2.24, 2.45) is 0 Å². The van der Waals surface area contributed by atoms with E-state index >= 15 is 0 Å². The van der Waals surface area contributed by atoms with Crippen LogP contribution in [0.3, 0.4) is 0 Å². The third-order valence-electron chi connectivity index (χ3n) is 5.84. The van der Waals surface area contributed by atoms with Gasteiger partial charge in [-0.1, -0.05) is 66.7 Å². The summed E-state index contributed by atoms with van der Waals surface area (Å²) in [6.07, 6.45) is 1.63. The maximum absolute atomic E-state index is 12.4. The first-order chi connectivity index (χ1) is 15.6. The van der Waals surface area contributed by atoms with Crippen molar-refractivity contribution in [1.82, 2.24) is 4.90 Å². The summed E-state index contributed by atoms with van der Waals surface area (Å²) in [6, 6.07) is 25.6. The number of carbonyl (C=O) groups excluding carboxylic acids is 2. The molecule has 5 nitrogen and oxygen atoms in total. The number of aliphatic hydroxyl groups excluding tert-OH is 1. The molecule has 0 bridgehead atoms. The number of nitrogens with one attached hydrogen (secondary N) is 1. The Bertz CT molecular complexity index is 1040. The van der Waals surface area contributed by atoms with E-state index in [0.29, 0.717) is 44.5 Å². The normalized spacial score (nSPS) is 14.2. The van der Waals surface area contributed by atoms with Crippen molar-refractivity contribution in [3.05, 3.63) is 90.0 Å². The van der Waals surface area contributed by atoms with Gasteiger partial charge in [0.1, 0.15) is 0 Å². The maximum Gasteiger partial charge on any atom is 0.228 e. The topological polar surface area (TPSA) is 69.6 Å². The highest BCUT2D eigenvalue weighted by Crippen LogP contribution is 2.20. The van der Waals surface area contributed by atoms with Crippen LogP contribution >= 0.6 is 0 Å². The molecule has 2 amide bonds. The number of carbonyl (C=O) groups is 2. The molecule has 0 spiro atoms. The summed E-state index contributed by atoms with van der Waals surface area (Å²) in [5, 5.41) is 12.5. The minimum Gasteiger partial charge on any atom is -0.393 e. The molecular formula is C27H28N2O3. The fourth-order valence-corrected chi connectivity index (χ4v) is 3.94. The molecule has 0 radical (unpaired) electrons. The summed E-state index contributed by atoms with van der Waals surface area (Å²) in [7, 11) is 0. The van der Waals surface area contributed by atoms with Crippen molar-refractivity contribution in [2.45, 2.75) is 31.8 Å². The van der Waals surface area contributed by atoms with E-state index in [1.165, 1.54) is 0 Å². The number of nitrogens with zero attached hydrogens (tertiary/aromatic N) is 1. The SMILES string of the molecule is O=C(Cc1ccc(-c2ccccc2)cc1)Nc1ccc(CC(=O)N2CCC(O)CC2)cc1. The van der Waals surface area contributed by atoms with E-state index in [0.717, 1.165) is 22.3 Å². The lowest BCUT2D eigenvalue weighted by molar-refractivity contribution is -0.132. The third kappa shape index (κ3) is 5.83. The van der Waals surface area contributed by atoms with Crippen LogP contribution in [0.4, 0.5) is 5.69 Å². The number of hydrogen-bond donors (Lipinski definition) is 2. The smallest absolute Gasteiger partial charge is 0.228 e. The Kier molecular flexibility index (Phi) is 6.97. The molecule has 1 aliphatic heterocycles. The predicted octanol–water partition coefficient (Wildman–Crippen LogP) is 4.06. The fourth-order valence-electron chi connectivity index (χ4n) is 3.94. The fraction of sp³-hybridized carbons (Fsp3) is 0.259. The van der Waals surface area contributed by atoms with Crippen molar-refractivity contribution in [3.8, 4) is 11.1 Å². The molecule has 1 aliphatic rings. The molecule has 3 aromatic carbocycles. The lowest BCUT2D eigenvalue weighted by Gasteiger charge is -2.29. The summed E-state index contributed by atoms with van der Waals surface area (Å²) >= 11 is 0. The van der Waals surface area contributed by atoms with Gasteiger partial charge in [-0.15, -0.1) is 0 Å². The Balaban J connectivity index is 1.28. The molecule has 0 aliphatic carbocycles. The molecule has 0 unspecified atom stereocenters. The van der Waals surface area contributed by atoms with E-state index < -0.39 is 0 Å². The number of likely N-dealkylation sites (tertiary alicyclic amines) is 1. The van der Waals surface area contributed by atoms with Gasteiger partial charge in [-0.3, -0.25) is 9.59 Å². The molecular weight excluding hydrogens is 400 g/mol. The van der Waals surface area contributed by atoms with Crippen molar-refractivity contribution < 1.29 is 14.7 Å². The van der Waals surface area contributed by atoms with Crippen LogP contribution in [-0.2, 0) is 22.4 Å². The second kappa shape index (κ2) is 10.2. The second-order valence-electron chi connectivity index (χ2n) is 8.27. The van der Waals surface area contributed by atoms with E-state index in [2.05, 4.69) is 17.4 Å².